The number of rotatable bonds is 1. The first-order valence-electron chi connectivity index (χ1n) is 6.16. The second kappa shape index (κ2) is 4.19. The smallest absolute Gasteiger partial charge is 0.101 e. The third-order valence-electron chi connectivity index (χ3n) is 3.52. The fraction of sp³-hybridized carbons (Fsp3) is 0.188. The first-order chi connectivity index (χ1) is 8.81. The summed E-state index contributed by atoms with van der Waals surface area (Å²) in [6.07, 6.45) is 1.05. The number of para-hydroxylation sites is 2. The predicted octanol–water partition coefficient (Wildman–Crippen LogP) is 3.56. The molecule has 1 aliphatic rings. The normalized spacial score (nSPS) is 13.2. The van der Waals surface area contributed by atoms with E-state index in [4.69, 9.17) is 0 Å². The zero-order chi connectivity index (χ0) is 12.5. The Bertz CT molecular complexity index is 638. The van der Waals surface area contributed by atoms with Crippen LogP contribution in [0.15, 0.2) is 42.5 Å². The average molecular weight is 234 g/mol. The summed E-state index contributed by atoms with van der Waals surface area (Å²) in [6, 6.07) is 16.6. The van der Waals surface area contributed by atoms with Gasteiger partial charge < -0.3 is 4.90 Å². The minimum atomic E-state index is 0.756. The Morgan fingerprint density at radius 3 is 2.78 bits per heavy atom. The second-order valence-electron chi connectivity index (χ2n) is 4.61. The molecule has 0 aliphatic carbocycles. The van der Waals surface area contributed by atoms with E-state index in [-0.39, 0.29) is 0 Å². The number of nitrogens with zero attached hydrogens (tertiary/aromatic N) is 2. The number of hydrogen-bond acceptors (Lipinski definition) is 2. The Balaban J connectivity index is 2.17. The van der Waals surface area contributed by atoms with E-state index in [1.807, 2.05) is 12.1 Å². The van der Waals surface area contributed by atoms with Crippen molar-refractivity contribution in [2.45, 2.75) is 13.3 Å². The van der Waals surface area contributed by atoms with Crippen LogP contribution in [0.2, 0.25) is 0 Å². The molecule has 2 nitrogen and oxygen atoms in total. The maximum absolute atomic E-state index is 9.27. The third kappa shape index (κ3) is 1.56. The van der Waals surface area contributed by atoms with Gasteiger partial charge in [0.1, 0.15) is 6.07 Å². The zero-order valence-corrected chi connectivity index (χ0v) is 10.4. The molecule has 0 N–H and O–H groups in total. The summed E-state index contributed by atoms with van der Waals surface area (Å²) < 4.78 is 0. The highest BCUT2D eigenvalue weighted by molar-refractivity contribution is 5.76. The van der Waals surface area contributed by atoms with Crippen LogP contribution in [0.4, 0.5) is 11.4 Å². The van der Waals surface area contributed by atoms with Gasteiger partial charge in [0.05, 0.1) is 11.3 Å². The molecule has 0 amide bonds. The van der Waals surface area contributed by atoms with Gasteiger partial charge in [0.25, 0.3) is 0 Å². The molecule has 88 valence electrons. The molecule has 0 radical (unpaired) electrons. The van der Waals surface area contributed by atoms with Crippen molar-refractivity contribution in [3.63, 3.8) is 0 Å². The average Bonchev–Trinajstić information content (AvgIpc) is 2.82. The predicted molar refractivity (Wildman–Crippen MR) is 73.0 cm³/mol. The van der Waals surface area contributed by atoms with Gasteiger partial charge in [0, 0.05) is 12.2 Å². The van der Waals surface area contributed by atoms with E-state index in [1.165, 1.54) is 11.3 Å². The van der Waals surface area contributed by atoms with Crippen molar-refractivity contribution >= 4 is 11.4 Å². The molecule has 1 heterocycles. The van der Waals surface area contributed by atoms with Crippen LogP contribution in [0.1, 0.15) is 16.7 Å². The quantitative estimate of drug-likeness (QED) is 0.754. The molecule has 18 heavy (non-hydrogen) atoms. The van der Waals surface area contributed by atoms with E-state index in [0.29, 0.717) is 0 Å². The van der Waals surface area contributed by atoms with Gasteiger partial charge >= 0.3 is 0 Å². The lowest BCUT2D eigenvalue weighted by molar-refractivity contribution is 0.990. The van der Waals surface area contributed by atoms with Crippen LogP contribution in [0.5, 0.6) is 0 Å². The molecule has 3 rings (SSSR count). The number of nitriles is 1. The highest BCUT2D eigenvalue weighted by Gasteiger charge is 2.22. The maximum atomic E-state index is 9.27. The first kappa shape index (κ1) is 10.9. The van der Waals surface area contributed by atoms with E-state index in [0.717, 1.165) is 29.8 Å². The van der Waals surface area contributed by atoms with E-state index in [2.05, 4.69) is 48.2 Å². The number of fused-ring (bicyclic) bond motifs is 1. The highest BCUT2D eigenvalue weighted by atomic mass is 15.2. The molecule has 2 aromatic carbocycles. The number of anilines is 2. The molecule has 0 fully saturated rings. The standard InChI is InChI=1S/C16H14N2/c1-12-5-4-7-14(11-17)16(12)18-10-9-13-6-2-3-8-15(13)18/h2-8H,9-10H2,1H3. The lowest BCUT2D eigenvalue weighted by atomic mass is 10.1. The zero-order valence-electron chi connectivity index (χ0n) is 10.4. The summed E-state index contributed by atoms with van der Waals surface area (Å²) in [5, 5.41) is 9.27. The SMILES string of the molecule is Cc1cccc(C#N)c1N1CCc2ccccc21. The Morgan fingerprint density at radius 1 is 1.11 bits per heavy atom. The monoisotopic (exact) mass is 234 g/mol. The van der Waals surface area contributed by atoms with Gasteiger partial charge in [-0.1, -0.05) is 30.3 Å². The molecule has 0 saturated carbocycles. The molecule has 2 aromatic rings. The molecule has 0 bridgehead atoms. The van der Waals surface area contributed by atoms with Crippen LogP contribution in [0.25, 0.3) is 0 Å². The summed E-state index contributed by atoms with van der Waals surface area (Å²) >= 11 is 0. The number of hydrogen-bond donors (Lipinski definition) is 0. The second-order valence-corrected chi connectivity index (χ2v) is 4.61. The highest BCUT2D eigenvalue weighted by Crippen LogP contribution is 2.37. The summed E-state index contributed by atoms with van der Waals surface area (Å²) in [4.78, 5) is 2.27. The first-order valence-corrected chi connectivity index (χ1v) is 6.16. The van der Waals surface area contributed by atoms with Crippen LogP contribution in [0.3, 0.4) is 0 Å². The van der Waals surface area contributed by atoms with E-state index in [9.17, 15) is 5.26 Å². The molecule has 1 aliphatic heterocycles. The van der Waals surface area contributed by atoms with Crippen molar-refractivity contribution in [3.05, 3.63) is 59.2 Å². The molecule has 2 heteroatoms. The molecular weight excluding hydrogens is 220 g/mol. The summed E-state index contributed by atoms with van der Waals surface area (Å²) in [5.74, 6) is 0. The van der Waals surface area contributed by atoms with Gasteiger partial charge in [-0.3, -0.25) is 0 Å². The molecule has 0 atom stereocenters. The van der Waals surface area contributed by atoms with Crippen molar-refractivity contribution < 1.29 is 0 Å². The lowest BCUT2D eigenvalue weighted by Crippen LogP contribution is -2.15. The van der Waals surface area contributed by atoms with E-state index < -0.39 is 0 Å². The van der Waals surface area contributed by atoms with Crippen LogP contribution < -0.4 is 4.90 Å². The van der Waals surface area contributed by atoms with E-state index in [1.54, 1.807) is 0 Å². The van der Waals surface area contributed by atoms with Crippen molar-refractivity contribution in [1.82, 2.24) is 0 Å². The van der Waals surface area contributed by atoms with Crippen molar-refractivity contribution in [2.24, 2.45) is 0 Å². The Labute approximate surface area is 107 Å². The molecule has 0 saturated heterocycles. The van der Waals surface area contributed by atoms with Crippen LogP contribution in [-0.4, -0.2) is 6.54 Å². The Morgan fingerprint density at radius 2 is 1.94 bits per heavy atom. The topological polar surface area (TPSA) is 27.0 Å². The molecule has 0 unspecified atom stereocenters. The molecule has 0 spiro atoms. The maximum Gasteiger partial charge on any atom is 0.101 e. The molecule has 0 aromatic heterocycles. The number of aryl methyl sites for hydroxylation is 1. The fourth-order valence-corrected chi connectivity index (χ4v) is 2.68. The number of benzene rings is 2. The third-order valence-corrected chi connectivity index (χ3v) is 3.52. The van der Waals surface area contributed by atoms with Gasteiger partial charge in [-0.15, -0.1) is 0 Å². The summed E-state index contributed by atoms with van der Waals surface area (Å²) in [6.45, 7) is 3.02. The molecular formula is C16H14N2. The minimum Gasteiger partial charge on any atom is -0.340 e. The largest absolute Gasteiger partial charge is 0.340 e. The van der Waals surface area contributed by atoms with Gasteiger partial charge in [-0.2, -0.15) is 5.26 Å². The van der Waals surface area contributed by atoms with Gasteiger partial charge in [-0.05, 0) is 36.6 Å². The Hall–Kier alpha value is -2.27. The van der Waals surface area contributed by atoms with Crippen molar-refractivity contribution in [1.29, 1.82) is 5.26 Å². The van der Waals surface area contributed by atoms with Gasteiger partial charge in [-0.25, -0.2) is 0 Å². The van der Waals surface area contributed by atoms with Gasteiger partial charge in [0.15, 0.2) is 0 Å². The lowest BCUT2D eigenvalue weighted by Gasteiger charge is -2.22. The van der Waals surface area contributed by atoms with Crippen molar-refractivity contribution in [3.8, 4) is 6.07 Å². The summed E-state index contributed by atoms with van der Waals surface area (Å²) in [7, 11) is 0. The van der Waals surface area contributed by atoms with Crippen LogP contribution in [0, 0.1) is 18.3 Å². The van der Waals surface area contributed by atoms with Gasteiger partial charge in [0.2, 0.25) is 0 Å². The Kier molecular flexibility index (Phi) is 2.53. The fourth-order valence-electron chi connectivity index (χ4n) is 2.68. The van der Waals surface area contributed by atoms with Crippen LogP contribution in [-0.2, 0) is 6.42 Å². The van der Waals surface area contributed by atoms with Crippen LogP contribution >= 0.6 is 0 Å². The summed E-state index contributed by atoms with van der Waals surface area (Å²) in [5.41, 5.74) is 5.58. The van der Waals surface area contributed by atoms with Crippen molar-refractivity contribution in [2.75, 3.05) is 11.4 Å². The minimum absolute atomic E-state index is 0.756. The van der Waals surface area contributed by atoms with E-state index >= 15 is 0 Å².